The summed E-state index contributed by atoms with van der Waals surface area (Å²) in [5, 5.41) is 19.2. The SMILES string of the molecule is CC(C)(C)OC(=O)N1CC[C@@]2(S(=O)(=O)c3ccc(F)cc3)c3ccc(B(O)O)cc3CC[C@@H]12. The molecule has 1 amide bonds. The number of carbonyl (C=O) groups is 1. The lowest BCUT2D eigenvalue weighted by Gasteiger charge is -2.42. The van der Waals surface area contributed by atoms with Gasteiger partial charge in [-0.1, -0.05) is 18.2 Å². The van der Waals surface area contributed by atoms with Crippen LogP contribution in [0.5, 0.6) is 0 Å². The molecule has 33 heavy (non-hydrogen) atoms. The van der Waals surface area contributed by atoms with Gasteiger partial charge in [0.2, 0.25) is 0 Å². The standard InChI is InChI=1S/C23H27BFNO6S/c1-22(2,3)32-21(27)26-13-12-23(33(30,31)18-8-6-17(25)7-9-18)19-10-5-16(24(28)29)14-15(19)4-11-20(23)26/h5-10,14,20,28-29H,4,11-13H2,1-3H3/t20-,23-/m1/s1. The summed E-state index contributed by atoms with van der Waals surface area (Å²) >= 11 is 0. The summed E-state index contributed by atoms with van der Waals surface area (Å²) in [5.74, 6) is -0.546. The van der Waals surface area contributed by atoms with E-state index in [0.29, 0.717) is 24.0 Å². The van der Waals surface area contributed by atoms with E-state index in [1.807, 2.05) is 0 Å². The van der Waals surface area contributed by atoms with Gasteiger partial charge in [-0.3, -0.25) is 0 Å². The van der Waals surface area contributed by atoms with Crippen molar-refractivity contribution in [1.29, 1.82) is 0 Å². The Kier molecular flexibility index (Phi) is 5.83. The van der Waals surface area contributed by atoms with Crippen molar-refractivity contribution < 1.29 is 32.4 Å². The molecule has 0 bridgehead atoms. The first kappa shape index (κ1) is 23.7. The Bertz CT molecular complexity index is 1180. The van der Waals surface area contributed by atoms with Crippen LogP contribution in [-0.2, 0) is 25.7 Å². The van der Waals surface area contributed by atoms with E-state index in [0.717, 1.165) is 12.1 Å². The van der Waals surface area contributed by atoms with Gasteiger partial charge in [-0.2, -0.15) is 0 Å². The molecule has 1 aliphatic heterocycles. The molecule has 0 saturated carbocycles. The third-order valence-corrected chi connectivity index (χ3v) is 8.99. The van der Waals surface area contributed by atoms with Crippen molar-refractivity contribution >= 4 is 28.5 Å². The zero-order chi connectivity index (χ0) is 24.2. The lowest BCUT2D eigenvalue weighted by molar-refractivity contribution is 0.0202. The molecule has 1 aliphatic carbocycles. The summed E-state index contributed by atoms with van der Waals surface area (Å²) in [6.45, 7) is 5.44. The lowest BCUT2D eigenvalue weighted by Crippen LogP contribution is -2.53. The smallest absolute Gasteiger partial charge is 0.444 e. The van der Waals surface area contributed by atoms with Crippen molar-refractivity contribution in [3.05, 3.63) is 59.4 Å². The number of sulfone groups is 1. The molecule has 176 valence electrons. The molecule has 1 saturated heterocycles. The number of benzene rings is 2. The first-order chi connectivity index (χ1) is 15.4. The number of carbonyl (C=O) groups excluding carboxylic acids is 1. The number of fused-ring (bicyclic) bond motifs is 3. The van der Waals surface area contributed by atoms with Crippen LogP contribution in [0.15, 0.2) is 47.4 Å². The molecule has 2 aromatic carbocycles. The number of hydrogen-bond donors (Lipinski definition) is 2. The number of amides is 1. The van der Waals surface area contributed by atoms with Gasteiger partial charge in [-0.05, 0) is 80.9 Å². The highest BCUT2D eigenvalue weighted by Crippen LogP contribution is 2.52. The van der Waals surface area contributed by atoms with Gasteiger partial charge in [0.1, 0.15) is 16.2 Å². The van der Waals surface area contributed by atoms with Crippen LogP contribution < -0.4 is 5.46 Å². The van der Waals surface area contributed by atoms with Crippen LogP contribution in [0.4, 0.5) is 9.18 Å². The van der Waals surface area contributed by atoms with E-state index in [2.05, 4.69) is 0 Å². The maximum atomic E-state index is 14.1. The van der Waals surface area contributed by atoms with Crippen molar-refractivity contribution in [2.75, 3.05) is 6.54 Å². The van der Waals surface area contributed by atoms with Crippen LogP contribution in [0.25, 0.3) is 0 Å². The molecule has 2 atom stereocenters. The summed E-state index contributed by atoms with van der Waals surface area (Å²) in [7, 11) is -5.76. The molecule has 2 N–H and O–H groups in total. The van der Waals surface area contributed by atoms with Crippen LogP contribution in [0, 0.1) is 5.82 Å². The molecule has 1 fully saturated rings. The fraction of sp³-hybridized carbons (Fsp3) is 0.435. The van der Waals surface area contributed by atoms with Crippen LogP contribution >= 0.6 is 0 Å². The van der Waals surface area contributed by atoms with Gasteiger partial charge in [0.05, 0.1) is 10.9 Å². The summed E-state index contributed by atoms with van der Waals surface area (Å²) in [6, 6.07) is 8.72. The number of rotatable bonds is 3. The number of ether oxygens (including phenoxy) is 1. The van der Waals surface area contributed by atoms with E-state index in [1.54, 1.807) is 32.9 Å². The van der Waals surface area contributed by atoms with Crippen molar-refractivity contribution in [1.82, 2.24) is 4.90 Å². The third kappa shape index (κ3) is 3.94. The quantitative estimate of drug-likeness (QED) is 0.521. The second-order valence-corrected chi connectivity index (χ2v) is 11.8. The molecule has 0 spiro atoms. The van der Waals surface area contributed by atoms with E-state index in [-0.39, 0.29) is 23.3 Å². The minimum absolute atomic E-state index is 0.0286. The van der Waals surface area contributed by atoms with Crippen molar-refractivity contribution in [3.8, 4) is 0 Å². The fourth-order valence-electron chi connectivity index (χ4n) is 5.07. The number of hydrogen-bond acceptors (Lipinski definition) is 6. The van der Waals surface area contributed by atoms with Crippen molar-refractivity contribution in [3.63, 3.8) is 0 Å². The average Bonchev–Trinajstić information content (AvgIpc) is 3.14. The molecule has 0 radical (unpaired) electrons. The molecule has 0 aromatic heterocycles. The Morgan fingerprint density at radius 2 is 1.85 bits per heavy atom. The molecule has 2 aliphatic rings. The Hall–Kier alpha value is -2.43. The van der Waals surface area contributed by atoms with Crippen molar-refractivity contribution in [2.45, 2.75) is 61.3 Å². The van der Waals surface area contributed by atoms with Crippen LogP contribution in [0.2, 0.25) is 0 Å². The molecular weight excluding hydrogens is 448 g/mol. The topological polar surface area (TPSA) is 104 Å². The Balaban J connectivity index is 1.89. The monoisotopic (exact) mass is 475 g/mol. The van der Waals surface area contributed by atoms with Crippen LogP contribution in [0.1, 0.15) is 44.7 Å². The Morgan fingerprint density at radius 3 is 2.45 bits per heavy atom. The lowest BCUT2D eigenvalue weighted by atomic mass is 9.73. The minimum Gasteiger partial charge on any atom is -0.444 e. The zero-order valence-corrected chi connectivity index (χ0v) is 19.6. The van der Waals surface area contributed by atoms with E-state index < -0.39 is 45.3 Å². The Morgan fingerprint density at radius 1 is 1.18 bits per heavy atom. The number of aryl methyl sites for hydroxylation is 1. The average molecular weight is 475 g/mol. The molecular formula is C23H27BFNO6S. The molecule has 2 aromatic rings. The Labute approximate surface area is 193 Å². The maximum absolute atomic E-state index is 14.1. The van der Waals surface area contributed by atoms with Gasteiger partial charge in [0.15, 0.2) is 9.84 Å². The van der Waals surface area contributed by atoms with E-state index in [1.165, 1.54) is 23.1 Å². The van der Waals surface area contributed by atoms with Crippen molar-refractivity contribution in [2.24, 2.45) is 0 Å². The van der Waals surface area contributed by atoms with Crippen LogP contribution in [-0.4, -0.2) is 54.8 Å². The highest BCUT2D eigenvalue weighted by molar-refractivity contribution is 7.92. The van der Waals surface area contributed by atoms with Crippen LogP contribution in [0.3, 0.4) is 0 Å². The normalized spacial score (nSPS) is 22.5. The van der Waals surface area contributed by atoms with Gasteiger partial charge < -0.3 is 19.7 Å². The zero-order valence-electron chi connectivity index (χ0n) is 18.8. The largest absolute Gasteiger partial charge is 0.488 e. The van der Waals surface area contributed by atoms with Gasteiger partial charge in [0, 0.05) is 6.54 Å². The number of likely N-dealkylation sites (tertiary alicyclic amines) is 1. The van der Waals surface area contributed by atoms with E-state index in [4.69, 9.17) is 4.74 Å². The number of halogens is 1. The first-order valence-corrected chi connectivity index (χ1v) is 12.3. The maximum Gasteiger partial charge on any atom is 0.488 e. The predicted molar refractivity (Wildman–Crippen MR) is 121 cm³/mol. The van der Waals surface area contributed by atoms with E-state index >= 15 is 0 Å². The molecule has 0 unspecified atom stereocenters. The minimum atomic E-state index is -4.07. The highest BCUT2D eigenvalue weighted by Gasteiger charge is 2.61. The van der Waals surface area contributed by atoms with E-state index in [9.17, 15) is 27.7 Å². The fourth-order valence-corrected chi connectivity index (χ4v) is 7.44. The second kappa shape index (κ2) is 8.11. The highest BCUT2D eigenvalue weighted by atomic mass is 32.2. The first-order valence-electron chi connectivity index (χ1n) is 10.9. The second-order valence-electron chi connectivity index (χ2n) is 9.62. The van der Waals surface area contributed by atoms with Gasteiger partial charge in [0.25, 0.3) is 0 Å². The van der Waals surface area contributed by atoms with Gasteiger partial charge in [-0.15, -0.1) is 0 Å². The molecule has 7 nitrogen and oxygen atoms in total. The molecule has 4 rings (SSSR count). The van der Waals surface area contributed by atoms with Gasteiger partial charge in [-0.25, -0.2) is 17.6 Å². The molecule has 10 heteroatoms. The summed E-state index contributed by atoms with van der Waals surface area (Å²) in [6.07, 6.45) is 0.387. The number of nitrogens with zero attached hydrogens (tertiary/aromatic N) is 1. The van der Waals surface area contributed by atoms with Gasteiger partial charge >= 0.3 is 13.2 Å². The summed E-state index contributed by atoms with van der Waals surface area (Å²) in [4.78, 5) is 14.5. The summed E-state index contributed by atoms with van der Waals surface area (Å²) in [5.41, 5.74) is 0.743. The molecule has 1 heterocycles. The third-order valence-electron chi connectivity index (χ3n) is 6.44. The summed E-state index contributed by atoms with van der Waals surface area (Å²) < 4.78 is 45.9. The predicted octanol–water partition coefficient (Wildman–Crippen LogP) is 2.13.